The van der Waals surface area contributed by atoms with E-state index in [-0.39, 0.29) is 17.5 Å². The molecule has 2 unspecified atom stereocenters. The molecule has 1 N–H and O–H groups in total. The van der Waals surface area contributed by atoms with Crippen molar-refractivity contribution < 1.29 is 14.6 Å². The van der Waals surface area contributed by atoms with Crippen LogP contribution in [0.3, 0.4) is 0 Å². The summed E-state index contributed by atoms with van der Waals surface area (Å²) >= 11 is 6.67. The standard InChI is InChI=1S/C25H39ClO3/c1-3-4-7-11-24(27)20-15-13-19(14-16-20)21-17-18-23(26)22(21)10-8-5-6-9-12-25(28)29-2/h13-16,21-24,27H,3-12,17-18H2,1-2H3/t21?,22-,23-,24?/m1/s1. The number of benzene rings is 1. The molecule has 4 heteroatoms. The summed E-state index contributed by atoms with van der Waals surface area (Å²) in [7, 11) is 1.45. The Kier molecular flexibility index (Phi) is 11.1. The van der Waals surface area contributed by atoms with Crippen molar-refractivity contribution in [2.75, 3.05) is 7.11 Å². The van der Waals surface area contributed by atoms with E-state index in [4.69, 9.17) is 16.3 Å². The van der Waals surface area contributed by atoms with Gasteiger partial charge in [0.05, 0.1) is 13.2 Å². The third-order valence-electron chi connectivity index (χ3n) is 6.46. The van der Waals surface area contributed by atoms with E-state index >= 15 is 0 Å². The first kappa shape index (κ1) is 24.2. The Morgan fingerprint density at radius 1 is 1.10 bits per heavy atom. The predicted molar refractivity (Wildman–Crippen MR) is 120 cm³/mol. The van der Waals surface area contributed by atoms with Crippen molar-refractivity contribution in [3.8, 4) is 0 Å². The molecule has 4 atom stereocenters. The van der Waals surface area contributed by atoms with Crippen LogP contribution in [0, 0.1) is 5.92 Å². The van der Waals surface area contributed by atoms with Gasteiger partial charge in [0, 0.05) is 11.8 Å². The highest BCUT2D eigenvalue weighted by Gasteiger charge is 2.35. The molecular formula is C25H39ClO3. The lowest BCUT2D eigenvalue weighted by Crippen LogP contribution is -2.14. The highest BCUT2D eigenvalue weighted by molar-refractivity contribution is 6.21. The van der Waals surface area contributed by atoms with Gasteiger partial charge in [0.15, 0.2) is 0 Å². The van der Waals surface area contributed by atoms with Gasteiger partial charge in [-0.2, -0.15) is 0 Å². The van der Waals surface area contributed by atoms with Gasteiger partial charge in [-0.25, -0.2) is 0 Å². The van der Waals surface area contributed by atoms with Crippen molar-refractivity contribution in [1.29, 1.82) is 0 Å². The maximum absolute atomic E-state index is 11.2. The Morgan fingerprint density at radius 2 is 1.83 bits per heavy atom. The van der Waals surface area contributed by atoms with E-state index in [0.717, 1.165) is 56.9 Å². The molecule has 0 aromatic heterocycles. The lowest BCUT2D eigenvalue weighted by Gasteiger charge is -2.23. The van der Waals surface area contributed by atoms with Gasteiger partial charge in [-0.05, 0) is 55.1 Å². The van der Waals surface area contributed by atoms with Gasteiger partial charge in [0.25, 0.3) is 0 Å². The smallest absolute Gasteiger partial charge is 0.305 e. The molecule has 1 aliphatic rings. The highest BCUT2D eigenvalue weighted by atomic mass is 35.5. The summed E-state index contributed by atoms with van der Waals surface area (Å²) in [6.07, 6.45) is 12.1. The van der Waals surface area contributed by atoms with Gasteiger partial charge in [0.2, 0.25) is 0 Å². The van der Waals surface area contributed by atoms with E-state index in [9.17, 15) is 9.90 Å². The summed E-state index contributed by atoms with van der Waals surface area (Å²) in [6.45, 7) is 2.19. The van der Waals surface area contributed by atoms with Crippen LogP contribution in [0.1, 0.15) is 107 Å². The number of ether oxygens (including phenoxy) is 1. The molecule has 1 aromatic carbocycles. The van der Waals surface area contributed by atoms with Crippen molar-refractivity contribution in [1.82, 2.24) is 0 Å². The Hall–Kier alpha value is -1.06. The summed E-state index contributed by atoms with van der Waals surface area (Å²) in [5.74, 6) is 0.942. The molecule has 0 radical (unpaired) electrons. The third kappa shape index (κ3) is 7.94. The number of methoxy groups -OCH3 is 1. The molecule has 1 aliphatic carbocycles. The quantitative estimate of drug-likeness (QED) is 0.213. The van der Waals surface area contributed by atoms with Crippen LogP contribution in [-0.4, -0.2) is 23.6 Å². The van der Waals surface area contributed by atoms with Gasteiger partial charge in [-0.15, -0.1) is 11.6 Å². The molecule has 164 valence electrons. The van der Waals surface area contributed by atoms with Crippen LogP contribution < -0.4 is 0 Å². The molecule has 0 amide bonds. The topological polar surface area (TPSA) is 46.5 Å². The van der Waals surface area contributed by atoms with Crippen molar-refractivity contribution in [2.24, 2.45) is 5.92 Å². The van der Waals surface area contributed by atoms with E-state index in [1.54, 1.807) is 0 Å². The maximum Gasteiger partial charge on any atom is 0.305 e. The Balaban J connectivity index is 1.81. The molecule has 0 saturated heterocycles. The van der Waals surface area contributed by atoms with Crippen molar-refractivity contribution in [3.63, 3.8) is 0 Å². The molecule has 1 fully saturated rings. The lowest BCUT2D eigenvalue weighted by molar-refractivity contribution is -0.140. The highest BCUT2D eigenvalue weighted by Crippen LogP contribution is 2.45. The fourth-order valence-electron chi connectivity index (χ4n) is 4.64. The summed E-state index contributed by atoms with van der Waals surface area (Å²) in [4.78, 5) is 11.2. The molecule has 0 bridgehead atoms. The van der Waals surface area contributed by atoms with Crippen LogP contribution in [-0.2, 0) is 9.53 Å². The number of aliphatic hydroxyl groups excluding tert-OH is 1. The van der Waals surface area contributed by atoms with Gasteiger partial charge in [-0.1, -0.05) is 69.7 Å². The summed E-state index contributed by atoms with van der Waals surface area (Å²) in [5, 5.41) is 10.6. The molecule has 0 heterocycles. The number of hydrogen-bond donors (Lipinski definition) is 1. The van der Waals surface area contributed by atoms with Crippen LogP contribution in [0.5, 0.6) is 0 Å². The molecule has 29 heavy (non-hydrogen) atoms. The van der Waals surface area contributed by atoms with E-state index in [1.807, 2.05) is 0 Å². The molecule has 0 spiro atoms. The average Bonchev–Trinajstić information content (AvgIpc) is 3.10. The van der Waals surface area contributed by atoms with Crippen LogP contribution in [0.2, 0.25) is 0 Å². The summed E-state index contributed by atoms with van der Waals surface area (Å²) < 4.78 is 4.69. The zero-order chi connectivity index (χ0) is 21.1. The number of hydrogen-bond acceptors (Lipinski definition) is 3. The number of alkyl halides is 1. The average molecular weight is 423 g/mol. The second kappa shape index (κ2) is 13.3. The van der Waals surface area contributed by atoms with Crippen LogP contribution >= 0.6 is 11.6 Å². The second-order valence-corrected chi connectivity index (χ2v) is 9.13. The molecule has 0 aliphatic heterocycles. The number of unbranched alkanes of at least 4 members (excludes halogenated alkanes) is 5. The minimum absolute atomic E-state index is 0.111. The Morgan fingerprint density at radius 3 is 2.52 bits per heavy atom. The first-order chi connectivity index (χ1) is 14.1. The molecule has 2 rings (SSSR count). The first-order valence-corrected chi connectivity index (χ1v) is 12.0. The van der Waals surface area contributed by atoms with Gasteiger partial charge >= 0.3 is 5.97 Å². The number of halogens is 1. The van der Waals surface area contributed by atoms with E-state index in [2.05, 4.69) is 31.2 Å². The zero-order valence-electron chi connectivity index (χ0n) is 18.2. The second-order valence-electron chi connectivity index (χ2n) is 8.57. The molecule has 1 saturated carbocycles. The van der Waals surface area contributed by atoms with Crippen LogP contribution in [0.15, 0.2) is 24.3 Å². The van der Waals surface area contributed by atoms with Crippen molar-refractivity contribution in [2.45, 2.75) is 101 Å². The molecule has 1 aromatic rings. The predicted octanol–water partition coefficient (Wildman–Crippen LogP) is 6.91. The minimum Gasteiger partial charge on any atom is -0.469 e. The van der Waals surface area contributed by atoms with Crippen LogP contribution in [0.4, 0.5) is 0 Å². The first-order valence-electron chi connectivity index (χ1n) is 11.6. The van der Waals surface area contributed by atoms with E-state index < -0.39 is 0 Å². The van der Waals surface area contributed by atoms with Crippen molar-refractivity contribution in [3.05, 3.63) is 35.4 Å². The minimum atomic E-state index is -0.347. The number of esters is 1. The van der Waals surface area contributed by atoms with Crippen LogP contribution in [0.25, 0.3) is 0 Å². The van der Waals surface area contributed by atoms with E-state index in [1.165, 1.54) is 31.9 Å². The third-order valence-corrected chi connectivity index (χ3v) is 7.00. The number of rotatable bonds is 13. The van der Waals surface area contributed by atoms with Gasteiger partial charge < -0.3 is 9.84 Å². The van der Waals surface area contributed by atoms with Gasteiger partial charge in [0.1, 0.15) is 0 Å². The lowest BCUT2D eigenvalue weighted by atomic mass is 9.84. The van der Waals surface area contributed by atoms with Crippen molar-refractivity contribution >= 4 is 17.6 Å². The SMILES string of the molecule is CCCCCC(O)c1ccc(C2CC[C@@H](Cl)[C@@H]2CCCCCCC(=O)OC)cc1. The zero-order valence-corrected chi connectivity index (χ0v) is 19.0. The Bertz CT molecular complexity index is 586. The summed E-state index contributed by atoms with van der Waals surface area (Å²) in [5.41, 5.74) is 2.40. The normalized spacial score (nSPS) is 22.6. The fraction of sp³-hybridized carbons (Fsp3) is 0.720. The Labute approximate surface area is 182 Å². The molecular weight excluding hydrogens is 384 g/mol. The summed E-state index contributed by atoms with van der Waals surface area (Å²) in [6, 6.07) is 8.64. The van der Waals surface area contributed by atoms with Gasteiger partial charge in [-0.3, -0.25) is 4.79 Å². The number of carbonyl (C=O) groups excluding carboxylic acids is 1. The maximum atomic E-state index is 11.2. The van der Waals surface area contributed by atoms with E-state index in [0.29, 0.717) is 18.3 Å². The number of carbonyl (C=O) groups is 1. The monoisotopic (exact) mass is 422 g/mol. The largest absolute Gasteiger partial charge is 0.469 e. The number of aliphatic hydroxyl groups is 1. The fourth-order valence-corrected chi connectivity index (χ4v) is 5.07. The molecule has 3 nitrogen and oxygen atoms in total.